The molecular weight excluding hydrogens is 330 g/mol. The molecule has 0 spiro atoms. The molecule has 0 bridgehead atoms. The minimum Gasteiger partial charge on any atom is -0.350 e. The number of nitrogens with zero attached hydrogens (tertiary/aromatic N) is 7. The maximum absolute atomic E-state index is 11.9. The minimum absolute atomic E-state index is 0.197. The van der Waals surface area contributed by atoms with Crippen molar-refractivity contribution in [1.82, 2.24) is 24.3 Å². The molecular formula is C18H21N7O. The number of hydrogen-bond donors (Lipinski definition) is 0. The van der Waals surface area contributed by atoms with E-state index in [2.05, 4.69) is 44.6 Å². The smallest absolute Gasteiger partial charge is 0.227 e. The van der Waals surface area contributed by atoms with Crippen LogP contribution >= 0.6 is 0 Å². The fourth-order valence-electron chi connectivity index (χ4n) is 3.90. The summed E-state index contributed by atoms with van der Waals surface area (Å²) in [5.41, 5.74) is 4.14. The van der Waals surface area contributed by atoms with E-state index >= 15 is 0 Å². The molecule has 3 aromatic rings. The summed E-state index contributed by atoms with van der Waals surface area (Å²) in [6.45, 7) is 4.58. The van der Waals surface area contributed by atoms with E-state index in [0.717, 1.165) is 48.6 Å². The van der Waals surface area contributed by atoms with Crippen molar-refractivity contribution in [2.24, 2.45) is 7.05 Å². The monoisotopic (exact) mass is 351 g/mol. The van der Waals surface area contributed by atoms with Gasteiger partial charge in [-0.25, -0.2) is 9.97 Å². The van der Waals surface area contributed by atoms with Crippen molar-refractivity contribution >= 4 is 28.4 Å². The van der Waals surface area contributed by atoms with Gasteiger partial charge < -0.3 is 14.4 Å². The third-order valence-corrected chi connectivity index (χ3v) is 5.55. The van der Waals surface area contributed by atoms with Crippen molar-refractivity contribution in [2.75, 3.05) is 29.4 Å². The summed E-state index contributed by atoms with van der Waals surface area (Å²) >= 11 is 0. The number of carbonyl (C=O) groups is 1. The van der Waals surface area contributed by atoms with Gasteiger partial charge in [0.1, 0.15) is 11.8 Å². The lowest BCUT2D eigenvalue weighted by Crippen LogP contribution is -2.48. The SMILES string of the molecule is Cc1cc2ncnc(N3CC(n4cc(N5CCCC5=O)cn4)C3)c2n1C. The molecule has 5 rings (SSSR count). The Morgan fingerprint density at radius 1 is 1.23 bits per heavy atom. The summed E-state index contributed by atoms with van der Waals surface area (Å²) in [7, 11) is 2.05. The number of fused-ring (bicyclic) bond motifs is 1. The Morgan fingerprint density at radius 3 is 2.85 bits per heavy atom. The molecule has 5 heterocycles. The van der Waals surface area contributed by atoms with Gasteiger partial charge in [0.15, 0.2) is 5.82 Å². The van der Waals surface area contributed by atoms with Gasteiger partial charge in [-0.2, -0.15) is 5.10 Å². The zero-order chi connectivity index (χ0) is 17.8. The van der Waals surface area contributed by atoms with Gasteiger partial charge in [0.25, 0.3) is 0 Å². The standard InChI is InChI=1S/C18H21N7O/c1-12-6-15-17(22(12)2)18(20-11-19-15)23-8-14(9-23)25-10-13(7-21-25)24-5-3-4-16(24)26/h6-7,10-11,14H,3-5,8-9H2,1-2H3. The van der Waals surface area contributed by atoms with Crippen molar-refractivity contribution in [3.63, 3.8) is 0 Å². The Bertz CT molecular complexity index is 998. The number of amides is 1. The topological polar surface area (TPSA) is 72.1 Å². The van der Waals surface area contributed by atoms with Gasteiger partial charge in [-0.05, 0) is 19.4 Å². The van der Waals surface area contributed by atoms with Crippen LogP contribution in [0.4, 0.5) is 11.5 Å². The second-order valence-electron chi connectivity index (χ2n) is 7.16. The quantitative estimate of drug-likeness (QED) is 0.718. The van der Waals surface area contributed by atoms with Crippen LogP contribution in [0.1, 0.15) is 24.6 Å². The fraction of sp³-hybridized carbons (Fsp3) is 0.444. The van der Waals surface area contributed by atoms with E-state index in [0.29, 0.717) is 12.5 Å². The predicted octanol–water partition coefficient (Wildman–Crippen LogP) is 1.66. The molecule has 2 fully saturated rings. The van der Waals surface area contributed by atoms with Crippen LogP contribution in [0.2, 0.25) is 0 Å². The highest BCUT2D eigenvalue weighted by molar-refractivity contribution is 5.95. The highest BCUT2D eigenvalue weighted by atomic mass is 16.2. The summed E-state index contributed by atoms with van der Waals surface area (Å²) in [4.78, 5) is 24.9. The molecule has 3 aromatic heterocycles. The summed E-state index contributed by atoms with van der Waals surface area (Å²) < 4.78 is 4.12. The summed E-state index contributed by atoms with van der Waals surface area (Å²) in [6.07, 6.45) is 7.00. The molecule has 8 nitrogen and oxygen atoms in total. The lowest BCUT2D eigenvalue weighted by Gasteiger charge is -2.40. The molecule has 134 valence electrons. The molecule has 0 N–H and O–H groups in total. The zero-order valence-electron chi connectivity index (χ0n) is 15.0. The van der Waals surface area contributed by atoms with Crippen LogP contribution in [-0.2, 0) is 11.8 Å². The molecule has 1 amide bonds. The Labute approximate surface area is 151 Å². The van der Waals surface area contributed by atoms with Crippen molar-refractivity contribution in [3.8, 4) is 0 Å². The molecule has 0 unspecified atom stereocenters. The molecule has 2 saturated heterocycles. The summed E-state index contributed by atoms with van der Waals surface area (Å²) in [6, 6.07) is 2.39. The maximum Gasteiger partial charge on any atom is 0.227 e. The Balaban J connectivity index is 1.35. The second-order valence-corrected chi connectivity index (χ2v) is 7.16. The van der Waals surface area contributed by atoms with E-state index in [9.17, 15) is 4.79 Å². The highest BCUT2D eigenvalue weighted by Crippen LogP contribution is 2.32. The Kier molecular flexibility index (Phi) is 3.28. The summed E-state index contributed by atoms with van der Waals surface area (Å²) in [5.74, 6) is 1.17. The van der Waals surface area contributed by atoms with Crippen molar-refractivity contribution in [2.45, 2.75) is 25.8 Å². The first-order valence-corrected chi connectivity index (χ1v) is 8.98. The van der Waals surface area contributed by atoms with Crippen LogP contribution in [0.15, 0.2) is 24.8 Å². The summed E-state index contributed by atoms with van der Waals surface area (Å²) in [5, 5.41) is 4.49. The van der Waals surface area contributed by atoms with Gasteiger partial charge in [0.2, 0.25) is 5.91 Å². The number of hydrogen-bond acceptors (Lipinski definition) is 5. The number of aryl methyl sites for hydroxylation is 2. The normalized spacial score (nSPS) is 18.2. The number of carbonyl (C=O) groups excluding carboxylic acids is 1. The van der Waals surface area contributed by atoms with Crippen LogP contribution in [0.25, 0.3) is 11.0 Å². The van der Waals surface area contributed by atoms with Crippen LogP contribution < -0.4 is 9.80 Å². The number of aromatic nitrogens is 5. The molecule has 0 atom stereocenters. The van der Waals surface area contributed by atoms with Crippen molar-refractivity contribution < 1.29 is 4.79 Å². The van der Waals surface area contributed by atoms with Gasteiger partial charge in [-0.1, -0.05) is 0 Å². The van der Waals surface area contributed by atoms with Gasteiger partial charge in [-0.3, -0.25) is 9.48 Å². The van der Waals surface area contributed by atoms with Gasteiger partial charge in [0.05, 0.1) is 23.4 Å². The largest absolute Gasteiger partial charge is 0.350 e. The van der Waals surface area contributed by atoms with Crippen LogP contribution in [-0.4, -0.2) is 49.9 Å². The molecule has 8 heteroatoms. The minimum atomic E-state index is 0.197. The van der Waals surface area contributed by atoms with Crippen LogP contribution in [0.5, 0.6) is 0 Å². The molecule has 0 aromatic carbocycles. The number of rotatable bonds is 3. The predicted molar refractivity (Wildman–Crippen MR) is 98.3 cm³/mol. The molecule has 0 radical (unpaired) electrons. The molecule has 2 aliphatic rings. The first-order valence-electron chi connectivity index (χ1n) is 8.98. The first-order chi connectivity index (χ1) is 12.6. The Morgan fingerprint density at radius 2 is 2.08 bits per heavy atom. The average molecular weight is 351 g/mol. The van der Waals surface area contributed by atoms with Gasteiger partial charge in [0, 0.05) is 45.0 Å². The average Bonchev–Trinajstić information content (AvgIpc) is 3.27. The van der Waals surface area contributed by atoms with Crippen LogP contribution in [0, 0.1) is 6.92 Å². The molecule has 2 aliphatic heterocycles. The lowest BCUT2D eigenvalue weighted by molar-refractivity contribution is -0.117. The maximum atomic E-state index is 11.9. The van der Waals surface area contributed by atoms with Crippen molar-refractivity contribution in [3.05, 3.63) is 30.5 Å². The van der Waals surface area contributed by atoms with E-state index in [-0.39, 0.29) is 5.91 Å². The van der Waals surface area contributed by atoms with E-state index in [1.165, 1.54) is 5.69 Å². The molecule has 0 aliphatic carbocycles. The Hall–Kier alpha value is -2.90. The third kappa shape index (κ3) is 2.21. The van der Waals surface area contributed by atoms with E-state index < -0.39 is 0 Å². The number of anilines is 2. The lowest BCUT2D eigenvalue weighted by atomic mass is 10.1. The van der Waals surface area contributed by atoms with Crippen LogP contribution in [0.3, 0.4) is 0 Å². The zero-order valence-corrected chi connectivity index (χ0v) is 15.0. The van der Waals surface area contributed by atoms with E-state index in [4.69, 9.17) is 0 Å². The second kappa shape index (κ2) is 5.55. The highest BCUT2D eigenvalue weighted by Gasteiger charge is 2.32. The van der Waals surface area contributed by atoms with Gasteiger partial charge >= 0.3 is 0 Å². The fourth-order valence-corrected chi connectivity index (χ4v) is 3.90. The molecule has 0 saturated carbocycles. The third-order valence-electron chi connectivity index (χ3n) is 5.55. The van der Waals surface area contributed by atoms with Gasteiger partial charge in [-0.15, -0.1) is 0 Å². The van der Waals surface area contributed by atoms with E-state index in [1.54, 1.807) is 12.5 Å². The first kappa shape index (κ1) is 15.4. The molecule has 26 heavy (non-hydrogen) atoms. The van der Waals surface area contributed by atoms with Crippen molar-refractivity contribution in [1.29, 1.82) is 0 Å². The van der Waals surface area contributed by atoms with E-state index in [1.807, 2.05) is 15.8 Å².